The zero-order chi connectivity index (χ0) is 23.2. The first-order valence-electron chi connectivity index (χ1n) is 11.0. The molecule has 0 saturated carbocycles. The number of carbonyl (C=O) groups is 2. The molecule has 0 bridgehead atoms. The van der Waals surface area contributed by atoms with Crippen molar-refractivity contribution in [2.24, 2.45) is 11.8 Å². The Kier molecular flexibility index (Phi) is 29.1. The molecule has 172 valence electrons. The Labute approximate surface area is 201 Å². The molecule has 7 heteroatoms. The van der Waals surface area contributed by atoms with Gasteiger partial charge >= 0.3 is 31.0 Å². The number of aliphatic hydroxyl groups excluding tert-OH is 2. The molecule has 0 radical (unpaired) electrons. The fourth-order valence-corrected chi connectivity index (χ4v) is 2.98. The second kappa shape index (κ2) is 24.8. The monoisotopic (exact) mass is 556 g/mol. The van der Waals surface area contributed by atoms with E-state index in [0.717, 1.165) is 51.4 Å². The van der Waals surface area contributed by atoms with Gasteiger partial charge in [0.1, 0.15) is 0 Å². The van der Waals surface area contributed by atoms with Crippen molar-refractivity contribution in [2.45, 2.75) is 114 Å². The molecule has 0 aliphatic carbocycles. The zero-order valence-corrected chi connectivity index (χ0v) is 23.9. The minimum absolute atomic E-state index is 0.230. The van der Waals surface area contributed by atoms with Crippen molar-refractivity contribution in [1.82, 2.24) is 0 Å². The Morgan fingerprint density at radius 2 is 1.03 bits per heavy atom. The van der Waals surface area contributed by atoms with Crippen LogP contribution in [-0.4, -0.2) is 53.8 Å². The Bertz CT molecular complexity index is 350. The standard InChI is InChI=1S/2C10H20O2S.2CH3.Sn/c2*1-3-5-6-8(4-2)7-9(11)10(12)13;;;/h2*8-9,11H,3-7H2,1-2H3,(H,12,13);2*1H3;/q;;;;+2/p-2. The van der Waals surface area contributed by atoms with E-state index in [1.807, 2.05) is 0 Å². The van der Waals surface area contributed by atoms with Crippen molar-refractivity contribution in [3.63, 3.8) is 0 Å². The van der Waals surface area contributed by atoms with Crippen LogP contribution in [0.5, 0.6) is 0 Å². The first-order chi connectivity index (χ1) is 13.6. The Hall–Kier alpha value is 0.499. The molecule has 4 atom stereocenters. The number of hydrogen-bond donors (Lipinski definition) is 2. The predicted octanol–water partition coefficient (Wildman–Crippen LogP) is 4.84. The third kappa shape index (κ3) is 24.6. The summed E-state index contributed by atoms with van der Waals surface area (Å²) in [6.07, 6.45) is 8.10. The summed E-state index contributed by atoms with van der Waals surface area (Å²) in [5.74, 6) is 0.892. The average Bonchev–Trinajstić information content (AvgIpc) is 2.68. The number of aliphatic hydroxyl groups is 2. The first kappa shape index (κ1) is 34.1. The van der Waals surface area contributed by atoms with Crippen molar-refractivity contribution < 1.29 is 19.8 Å². The molecular weight excluding hydrogens is 511 g/mol. The molecule has 0 aromatic carbocycles. The first-order valence-corrected chi connectivity index (χ1v) is 17.5. The maximum absolute atomic E-state index is 10.6. The van der Waals surface area contributed by atoms with Gasteiger partial charge < -0.3 is 45.1 Å². The van der Waals surface area contributed by atoms with E-state index in [-0.39, 0.29) is 21.1 Å². The minimum atomic E-state index is -0.920. The summed E-state index contributed by atoms with van der Waals surface area (Å²) in [4.78, 5) is 25.9. The van der Waals surface area contributed by atoms with Crippen LogP contribution in [0.25, 0.3) is 0 Å². The van der Waals surface area contributed by atoms with Gasteiger partial charge in [-0.05, 0) is 24.7 Å². The fraction of sp³-hybridized carbons (Fsp3) is 0.909. The van der Waals surface area contributed by atoms with Gasteiger partial charge in [0.2, 0.25) is 0 Å². The molecule has 0 heterocycles. The van der Waals surface area contributed by atoms with E-state index in [4.69, 9.17) is 0 Å². The van der Waals surface area contributed by atoms with E-state index in [2.05, 4.69) is 62.8 Å². The summed E-state index contributed by atoms with van der Waals surface area (Å²) in [7, 11) is 0. The summed E-state index contributed by atoms with van der Waals surface area (Å²) in [5, 5.41) is 17.5. The van der Waals surface area contributed by atoms with Crippen LogP contribution in [0.1, 0.15) is 91.9 Å². The topological polar surface area (TPSA) is 74.6 Å². The Balaban J connectivity index is -0.000000410. The fourth-order valence-electron chi connectivity index (χ4n) is 2.79. The van der Waals surface area contributed by atoms with Crippen LogP contribution >= 0.6 is 0 Å². The van der Waals surface area contributed by atoms with Gasteiger partial charge in [0.25, 0.3) is 0 Å². The normalized spacial score (nSPS) is 14.1. The summed E-state index contributed by atoms with van der Waals surface area (Å²) < 4.78 is 0. The van der Waals surface area contributed by atoms with Crippen LogP contribution in [0.4, 0.5) is 0 Å². The van der Waals surface area contributed by atoms with E-state index in [1.54, 1.807) is 0 Å². The number of carbonyl (C=O) groups excluding carboxylic acids is 2. The Morgan fingerprint density at radius 1 is 0.759 bits per heavy atom. The molecule has 0 spiro atoms. The number of rotatable bonds is 14. The van der Waals surface area contributed by atoms with Crippen molar-refractivity contribution in [3.8, 4) is 0 Å². The predicted molar refractivity (Wildman–Crippen MR) is 130 cm³/mol. The van der Waals surface area contributed by atoms with Gasteiger partial charge in [0.15, 0.2) is 0 Å². The maximum atomic E-state index is 10.6. The van der Waals surface area contributed by atoms with Gasteiger partial charge in [0.05, 0.1) is 12.2 Å². The molecule has 0 aromatic rings. The number of unbranched alkanes of at least 4 members (excludes halogenated alkanes) is 2. The number of hydrogen-bond acceptors (Lipinski definition) is 6. The molecule has 0 amide bonds. The van der Waals surface area contributed by atoms with Gasteiger partial charge in [-0.3, -0.25) is 0 Å². The van der Waals surface area contributed by atoms with Crippen molar-refractivity contribution >= 4 is 56.6 Å². The second-order valence-corrected chi connectivity index (χ2v) is 11.1. The van der Waals surface area contributed by atoms with Gasteiger partial charge in [-0.2, -0.15) is 0 Å². The van der Waals surface area contributed by atoms with Crippen LogP contribution in [0.3, 0.4) is 0 Å². The van der Waals surface area contributed by atoms with Gasteiger partial charge in [0, 0.05) is 10.2 Å². The summed E-state index contributed by atoms with van der Waals surface area (Å²) in [6, 6.07) is 0. The SMILES string of the molecule is CCCCC(CC)CC(O)C(=O)[S-].CCCCC(CC)CC(O)C(=O)[S-].[CH3][Sn+2][CH3]. The summed E-state index contributed by atoms with van der Waals surface area (Å²) in [5.41, 5.74) is 0. The molecule has 4 unspecified atom stereocenters. The summed E-state index contributed by atoms with van der Waals surface area (Å²) in [6.45, 7) is 8.45. The molecular formula is C22H44O4S2Sn. The summed E-state index contributed by atoms with van der Waals surface area (Å²) >= 11 is 9.01. The molecule has 29 heavy (non-hydrogen) atoms. The third-order valence-corrected chi connectivity index (χ3v) is 5.29. The second-order valence-electron chi connectivity index (χ2n) is 7.47. The third-order valence-electron chi connectivity index (χ3n) is 4.74. The van der Waals surface area contributed by atoms with E-state index >= 15 is 0 Å². The van der Waals surface area contributed by atoms with Crippen LogP contribution in [0.15, 0.2) is 0 Å². The van der Waals surface area contributed by atoms with Gasteiger partial charge in [-0.15, -0.1) is 0 Å². The van der Waals surface area contributed by atoms with Crippen molar-refractivity contribution in [2.75, 3.05) is 0 Å². The van der Waals surface area contributed by atoms with E-state index in [9.17, 15) is 19.8 Å². The zero-order valence-electron chi connectivity index (χ0n) is 19.4. The van der Waals surface area contributed by atoms with E-state index < -0.39 is 22.4 Å². The van der Waals surface area contributed by atoms with E-state index in [1.165, 1.54) is 0 Å². The molecule has 0 saturated heterocycles. The van der Waals surface area contributed by atoms with E-state index in [0.29, 0.717) is 24.7 Å². The van der Waals surface area contributed by atoms with Crippen molar-refractivity contribution in [3.05, 3.63) is 0 Å². The Morgan fingerprint density at radius 3 is 1.21 bits per heavy atom. The molecule has 4 nitrogen and oxygen atoms in total. The van der Waals surface area contributed by atoms with Crippen LogP contribution in [0, 0.1) is 11.8 Å². The van der Waals surface area contributed by atoms with Crippen LogP contribution in [0.2, 0.25) is 9.88 Å². The van der Waals surface area contributed by atoms with Gasteiger partial charge in [-0.1, -0.05) is 79.1 Å². The van der Waals surface area contributed by atoms with Crippen molar-refractivity contribution in [1.29, 1.82) is 0 Å². The molecule has 0 rings (SSSR count). The average molecular weight is 555 g/mol. The molecule has 0 aliphatic heterocycles. The van der Waals surface area contributed by atoms with Crippen LogP contribution < -0.4 is 0 Å². The molecule has 0 aliphatic rings. The molecule has 0 aromatic heterocycles. The van der Waals surface area contributed by atoms with Crippen LogP contribution in [-0.2, 0) is 34.8 Å². The quantitative estimate of drug-likeness (QED) is 0.236. The van der Waals surface area contributed by atoms with Gasteiger partial charge in [-0.25, -0.2) is 0 Å². The molecule has 0 fully saturated rings. The molecule has 2 N–H and O–H groups in total.